The monoisotopic (exact) mass is 305 g/mol. The maximum absolute atomic E-state index is 9.11. The average molecular weight is 306 g/mol. The number of ether oxygens (including phenoxy) is 1. The number of nitrogens with zero attached hydrogens (tertiary/aromatic N) is 1. The molecule has 4 nitrogen and oxygen atoms in total. The smallest absolute Gasteiger partial charge is 0.121 e. The zero-order chi connectivity index (χ0) is 13.3. The fourth-order valence-electron chi connectivity index (χ4n) is 1.10. The minimum Gasteiger partial charge on any atom is -0.491 e. The fraction of sp³-hybridized carbons (Fsp3) is 0.500. The van der Waals surface area contributed by atoms with Crippen LogP contribution < -0.4 is 9.64 Å². The third-order valence-electron chi connectivity index (χ3n) is 1.99. The van der Waals surface area contributed by atoms with Gasteiger partial charge in [0.15, 0.2) is 0 Å². The topological polar surface area (TPSA) is 52.9 Å². The summed E-state index contributed by atoms with van der Waals surface area (Å²) < 4.78 is 5.31. The predicted molar refractivity (Wildman–Crippen MR) is 74.2 cm³/mol. The van der Waals surface area contributed by atoms with E-state index in [-0.39, 0.29) is 13.2 Å². The van der Waals surface area contributed by atoms with Gasteiger partial charge in [0, 0.05) is 25.8 Å². The third kappa shape index (κ3) is 6.51. The SMILES string of the molecule is CBr.CN(C)c1cccc(OCC(O)CO)c1. The summed E-state index contributed by atoms with van der Waals surface area (Å²) >= 11 is 2.94. The number of hydrogen-bond donors (Lipinski definition) is 2. The lowest BCUT2D eigenvalue weighted by Crippen LogP contribution is -2.21. The molecule has 1 unspecified atom stereocenters. The van der Waals surface area contributed by atoms with Crippen molar-refractivity contribution in [3.8, 4) is 5.75 Å². The number of anilines is 1. The van der Waals surface area contributed by atoms with Gasteiger partial charge in [-0.25, -0.2) is 0 Å². The molecule has 0 aromatic heterocycles. The van der Waals surface area contributed by atoms with E-state index in [1.807, 2.05) is 49.1 Å². The van der Waals surface area contributed by atoms with Gasteiger partial charge in [-0.3, -0.25) is 0 Å². The molecule has 1 atom stereocenters. The minimum atomic E-state index is -0.826. The Morgan fingerprint density at radius 2 is 2.00 bits per heavy atom. The summed E-state index contributed by atoms with van der Waals surface area (Å²) in [5, 5.41) is 17.7. The highest BCUT2D eigenvalue weighted by Crippen LogP contribution is 2.19. The summed E-state index contributed by atoms with van der Waals surface area (Å²) in [6.07, 6.45) is -0.826. The first-order chi connectivity index (χ1) is 8.13. The molecular weight excluding hydrogens is 286 g/mol. The molecule has 0 saturated heterocycles. The molecule has 5 heteroatoms. The van der Waals surface area contributed by atoms with E-state index >= 15 is 0 Å². The summed E-state index contributed by atoms with van der Waals surface area (Å²) in [4.78, 5) is 1.97. The van der Waals surface area contributed by atoms with E-state index in [0.29, 0.717) is 5.75 Å². The van der Waals surface area contributed by atoms with Crippen molar-refractivity contribution in [3.63, 3.8) is 0 Å². The maximum Gasteiger partial charge on any atom is 0.121 e. The van der Waals surface area contributed by atoms with Gasteiger partial charge >= 0.3 is 0 Å². The van der Waals surface area contributed by atoms with Gasteiger partial charge in [0.25, 0.3) is 0 Å². The lowest BCUT2D eigenvalue weighted by atomic mass is 10.3. The van der Waals surface area contributed by atoms with E-state index in [0.717, 1.165) is 5.69 Å². The van der Waals surface area contributed by atoms with Crippen molar-refractivity contribution < 1.29 is 14.9 Å². The highest BCUT2D eigenvalue weighted by molar-refractivity contribution is 9.08. The van der Waals surface area contributed by atoms with E-state index in [9.17, 15) is 0 Å². The van der Waals surface area contributed by atoms with Gasteiger partial charge in [-0.2, -0.15) is 0 Å². The fourth-order valence-corrected chi connectivity index (χ4v) is 1.10. The molecule has 0 radical (unpaired) electrons. The Labute approximate surface area is 111 Å². The van der Waals surface area contributed by atoms with Crippen LogP contribution in [0.25, 0.3) is 0 Å². The van der Waals surface area contributed by atoms with Crippen LogP contribution in [0.15, 0.2) is 24.3 Å². The largest absolute Gasteiger partial charge is 0.491 e. The third-order valence-corrected chi connectivity index (χ3v) is 1.99. The molecule has 0 aliphatic carbocycles. The molecular formula is C12H20BrNO3. The molecule has 0 saturated carbocycles. The molecule has 98 valence electrons. The lowest BCUT2D eigenvalue weighted by Gasteiger charge is -2.15. The van der Waals surface area contributed by atoms with Crippen LogP contribution >= 0.6 is 15.9 Å². The van der Waals surface area contributed by atoms with Crippen LogP contribution in [0.5, 0.6) is 5.75 Å². The van der Waals surface area contributed by atoms with Crippen LogP contribution in [0, 0.1) is 0 Å². The second-order valence-electron chi connectivity index (χ2n) is 3.54. The van der Waals surface area contributed by atoms with Gasteiger partial charge in [-0.1, -0.05) is 22.0 Å². The number of aliphatic hydroxyl groups excluding tert-OH is 2. The van der Waals surface area contributed by atoms with Gasteiger partial charge in [0.1, 0.15) is 18.5 Å². The van der Waals surface area contributed by atoms with E-state index in [1.54, 1.807) is 0 Å². The van der Waals surface area contributed by atoms with Crippen LogP contribution in [0.1, 0.15) is 0 Å². The van der Waals surface area contributed by atoms with E-state index in [2.05, 4.69) is 15.9 Å². The number of halogens is 1. The first-order valence-corrected chi connectivity index (χ1v) is 6.79. The predicted octanol–water partition coefficient (Wildman–Crippen LogP) is 1.50. The van der Waals surface area contributed by atoms with E-state index in [4.69, 9.17) is 14.9 Å². The molecule has 0 amide bonds. The van der Waals surface area contributed by atoms with Gasteiger partial charge in [-0.05, 0) is 18.0 Å². The van der Waals surface area contributed by atoms with Crippen LogP contribution in [0.2, 0.25) is 0 Å². The van der Waals surface area contributed by atoms with Gasteiger partial charge in [0.2, 0.25) is 0 Å². The van der Waals surface area contributed by atoms with E-state index in [1.165, 1.54) is 0 Å². The van der Waals surface area contributed by atoms with Gasteiger partial charge in [-0.15, -0.1) is 0 Å². The first kappa shape index (κ1) is 16.2. The zero-order valence-corrected chi connectivity index (χ0v) is 12.0. The Balaban J connectivity index is 0.00000121. The first-order valence-electron chi connectivity index (χ1n) is 5.20. The van der Waals surface area contributed by atoms with Crippen LogP contribution in [0.3, 0.4) is 0 Å². The molecule has 0 fully saturated rings. The van der Waals surface area contributed by atoms with Crippen LogP contribution in [0.4, 0.5) is 5.69 Å². The Hall–Kier alpha value is -0.780. The number of alkyl halides is 1. The summed E-state index contributed by atoms with van der Waals surface area (Å²) in [5.74, 6) is 2.50. The standard InChI is InChI=1S/C11H17NO3.CH3Br/c1-12(2)9-4-3-5-11(6-9)15-8-10(14)7-13;1-2/h3-6,10,13-14H,7-8H2,1-2H3;1H3. The minimum absolute atomic E-state index is 0.105. The van der Waals surface area contributed by atoms with Gasteiger partial charge < -0.3 is 19.8 Å². The molecule has 0 heterocycles. The summed E-state index contributed by atoms with van der Waals surface area (Å²) in [6.45, 7) is -0.180. The van der Waals surface area contributed by atoms with Crippen molar-refractivity contribution in [2.75, 3.05) is 38.0 Å². The Kier molecular flexibility index (Phi) is 8.85. The average Bonchev–Trinajstić information content (AvgIpc) is 2.38. The second kappa shape index (κ2) is 9.27. The summed E-state index contributed by atoms with van der Waals surface area (Å²) in [7, 11) is 3.89. The quantitative estimate of drug-likeness (QED) is 0.810. The van der Waals surface area contributed by atoms with Crippen molar-refractivity contribution in [1.82, 2.24) is 0 Å². The molecule has 1 aromatic carbocycles. The van der Waals surface area contributed by atoms with Crippen molar-refractivity contribution in [1.29, 1.82) is 0 Å². The highest BCUT2D eigenvalue weighted by atomic mass is 79.9. The number of rotatable bonds is 5. The van der Waals surface area contributed by atoms with E-state index < -0.39 is 6.10 Å². The number of hydrogen-bond acceptors (Lipinski definition) is 4. The van der Waals surface area contributed by atoms with Crippen LogP contribution in [-0.2, 0) is 0 Å². The van der Waals surface area contributed by atoms with Gasteiger partial charge in [0.05, 0.1) is 6.61 Å². The number of aliphatic hydroxyl groups is 2. The molecule has 0 bridgehead atoms. The van der Waals surface area contributed by atoms with Crippen molar-refractivity contribution >= 4 is 21.6 Å². The summed E-state index contributed by atoms with van der Waals surface area (Å²) in [6, 6.07) is 7.55. The molecule has 0 aliphatic rings. The molecule has 0 aliphatic heterocycles. The summed E-state index contributed by atoms with van der Waals surface area (Å²) in [5.41, 5.74) is 1.03. The molecule has 2 N–H and O–H groups in total. The normalized spacial score (nSPS) is 11.2. The zero-order valence-electron chi connectivity index (χ0n) is 10.4. The Morgan fingerprint density at radius 3 is 2.53 bits per heavy atom. The highest BCUT2D eigenvalue weighted by Gasteiger charge is 2.03. The number of benzene rings is 1. The van der Waals surface area contributed by atoms with Crippen molar-refractivity contribution in [2.45, 2.75) is 6.10 Å². The Bertz CT molecular complexity index is 308. The van der Waals surface area contributed by atoms with Crippen LogP contribution in [-0.4, -0.2) is 49.5 Å². The second-order valence-corrected chi connectivity index (χ2v) is 3.54. The maximum atomic E-state index is 9.11. The molecule has 0 spiro atoms. The van der Waals surface area contributed by atoms with Crippen molar-refractivity contribution in [3.05, 3.63) is 24.3 Å². The molecule has 1 aromatic rings. The molecule has 1 rings (SSSR count). The molecule has 17 heavy (non-hydrogen) atoms. The van der Waals surface area contributed by atoms with Crippen molar-refractivity contribution in [2.24, 2.45) is 0 Å². The Morgan fingerprint density at radius 1 is 1.35 bits per heavy atom. The lowest BCUT2D eigenvalue weighted by molar-refractivity contribution is 0.0536.